The molecule has 0 aliphatic carbocycles. The molecule has 8 heteroatoms. The van der Waals surface area contributed by atoms with Crippen LogP contribution < -0.4 is 26.0 Å². The number of ether oxygens (including phenoxy) is 2. The van der Waals surface area contributed by atoms with E-state index in [0.717, 1.165) is 30.0 Å². The fourth-order valence-electron chi connectivity index (χ4n) is 3.34. The fourth-order valence-corrected chi connectivity index (χ4v) is 3.34. The average Bonchev–Trinajstić information content (AvgIpc) is 2.76. The van der Waals surface area contributed by atoms with Gasteiger partial charge in [-0.15, -0.1) is 0 Å². The number of anilines is 2. The standard InChI is InChI=1S/C23H31FN4O3/c1-23(2,25)15-27-22(29)18-13-17(5-6-20(18)28-8-10-31-11-9-28)26-14-16-4-7-21(30-3)19(24)12-16/h4-7,12-13,26H,8-11,14-15,25H2,1-3H3,(H,27,29). The summed E-state index contributed by atoms with van der Waals surface area (Å²) in [6.07, 6.45) is 0. The average molecular weight is 431 g/mol. The Labute approximate surface area is 182 Å². The molecule has 0 saturated carbocycles. The number of nitrogens with two attached hydrogens (primary N) is 1. The minimum Gasteiger partial charge on any atom is -0.494 e. The Balaban J connectivity index is 1.79. The first-order valence-corrected chi connectivity index (χ1v) is 10.4. The van der Waals surface area contributed by atoms with Crippen molar-refractivity contribution in [3.8, 4) is 5.75 Å². The molecule has 3 rings (SSSR count). The van der Waals surface area contributed by atoms with E-state index in [4.69, 9.17) is 15.2 Å². The van der Waals surface area contributed by atoms with E-state index in [2.05, 4.69) is 15.5 Å². The number of nitrogens with zero attached hydrogens (tertiary/aromatic N) is 1. The van der Waals surface area contributed by atoms with Gasteiger partial charge in [0.05, 0.1) is 25.9 Å². The molecule has 1 aliphatic heterocycles. The van der Waals surface area contributed by atoms with E-state index in [1.54, 1.807) is 12.1 Å². The van der Waals surface area contributed by atoms with Crippen LogP contribution in [0.1, 0.15) is 29.8 Å². The van der Waals surface area contributed by atoms with Gasteiger partial charge in [-0.2, -0.15) is 0 Å². The van der Waals surface area contributed by atoms with Gasteiger partial charge in [0.15, 0.2) is 11.6 Å². The maximum Gasteiger partial charge on any atom is 0.253 e. The Morgan fingerprint density at radius 3 is 2.61 bits per heavy atom. The fraction of sp³-hybridized carbons (Fsp3) is 0.435. The molecule has 0 aromatic heterocycles. The largest absolute Gasteiger partial charge is 0.494 e. The van der Waals surface area contributed by atoms with Crippen molar-refractivity contribution in [2.24, 2.45) is 5.73 Å². The van der Waals surface area contributed by atoms with Gasteiger partial charge in [0.25, 0.3) is 5.91 Å². The Morgan fingerprint density at radius 1 is 1.23 bits per heavy atom. The molecule has 0 bridgehead atoms. The molecule has 1 aliphatic rings. The summed E-state index contributed by atoms with van der Waals surface area (Å²) in [6, 6.07) is 10.5. The summed E-state index contributed by atoms with van der Waals surface area (Å²) in [6.45, 7) is 7.19. The van der Waals surface area contributed by atoms with Gasteiger partial charge in [-0.05, 0) is 49.7 Å². The number of carbonyl (C=O) groups is 1. The van der Waals surface area contributed by atoms with Gasteiger partial charge in [0, 0.05) is 43.1 Å². The molecule has 1 fully saturated rings. The summed E-state index contributed by atoms with van der Waals surface area (Å²) < 4.78 is 24.4. The maximum atomic E-state index is 14.0. The lowest BCUT2D eigenvalue weighted by Gasteiger charge is -2.31. The maximum absolute atomic E-state index is 14.0. The summed E-state index contributed by atoms with van der Waals surface area (Å²) in [5.74, 6) is -0.381. The third kappa shape index (κ3) is 6.32. The number of amides is 1. The number of hydrogen-bond donors (Lipinski definition) is 3. The lowest BCUT2D eigenvalue weighted by Crippen LogP contribution is -2.45. The highest BCUT2D eigenvalue weighted by molar-refractivity contribution is 6.01. The van der Waals surface area contributed by atoms with Gasteiger partial charge >= 0.3 is 0 Å². The molecule has 2 aromatic rings. The minimum atomic E-state index is -0.511. The van der Waals surface area contributed by atoms with Crippen LogP contribution >= 0.6 is 0 Å². The Hall–Kier alpha value is -2.84. The number of morpholine rings is 1. The molecule has 2 aromatic carbocycles. The predicted octanol–water partition coefficient (Wildman–Crippen LogP) is 2.75. The van der Waals surface area contributed by atoms with Crippen molar-refractivity contribution < 1.29 is 18.7 Å². The Bertz CT molecular complexity index is 908. The highest BCUT2D eigenvalue weighted by Gasteiger charge is 2.21. The molecule has 0 atom stereocenters. The molecule has 1 amide bonds. The molecular formula is C23H31FN4O3. The summed E-state index contributed by atoms with van der Waals surface area (Å²) in [7, 11) is 1.44. The van der Waals surface area contributed by atoms with Crippen LogP contribution in [0.3, 0.4) is 0 Å². The highest BCUT2D eigenvalue weighted by Crippen LogP contribution is 2.26. The molecule has 168 valence electrons. The van der Waals surface area contributed by atoms with Crippen LogP contribution in [0.5, 0.6) is 5.75 Å². The molecule has 0 spiro atoms. The van der Waals surface area contributed by atoms with Crippen LogP contribution in [0.15, 0.2) is 36.4 Å². The number of halogens is 1. The number of methoxy groups -OCH3 is 1. The number of carbonyl (C=O) groups excluding carboxylic acids is 1. The summed E-state index contributed by atoms with van der Waals surface area (Å²) >= 11 is 0. The van der Waals surface area contributed by atoms with Crippen molar-refractivity contribution in [2.75, 3.05) is 50.2 Å². The molecule has 31 heavy (non-hydrogen) atoms. The van der Waals surface area contributed by atoms with Crippen LogP contribution in [0, 0.1) is 5.82 Å². The molecule has 0 radical (unpaired) electrons. The molecule has 1 heterocycles. The van der Waals surface area contributed by atoms with E-state index in [9.17, 15) is 9.18 Å². The first-order chi connectivity index (χ1) is 14.8. The number of nitrogens with one attached hydrogen (secondary N) is 2. The zero-order chi connectivity index (χ0) is 22.4. The molecule has 7 nitrogen and oxygen atoms in total. The summed E-state index contributed by atoms with van der Waals surface area (Å²) in [5, 5.41) is 6.19. The van der Waals surface area contributed by atoms with Crippen LogP contribution in [-0.4, -0.2) is 51.4 Å². The first kappa shape index (κ1) is 22.8. The van der Waals surface area contributed by atoms with E-state index in [1.807, 2.05) is 32.0 Å². The topological polar surface area (TPSA) is 88.9 Å². The van der Waals surface area contributed by atoms with Crippen LogP contribution in [0.4, 0.5) is 15.8 Å². The van der Waals surface area contributed by atoms with Crippen molar-refractivity contribution >= 4 is 17.3 Å². The zero-order valence-electron chi connectivity index (χ0n) is 18.3. The van der Waals surface area contributed by atoms with Crippen molar-refractivity contribution in [1.29, 1.82) is 0 Å². The van der Waals surface area contributed by atoms with Crippen molar-refractivity contribution in [2.45, 2.75) is 25.9 Å². The highest BCUT2D eigenvalue weighted by atomic mass is 19.1. The first-order valence-electron chi connectivity index (χ1n) is 10.4. The van der Waals surface area contributed by atoms with E-state index >= 15 is 0 Å². The van der Waals surface area contributed by atoms with Crippen molar-refractivity contribution in [3.63, 3.8) is 0 Å². The summed E-state index contributed by atoms with van der Waals surface area (Å²) in [5.41, 5.74) is 8.48. The van der Waals surface area contributed by atoms with E-state index in [-0.39, 0.29) is 11.7 Å². The van der Waals surface area contributed by atoms with Gasteiger partial charge in [0.1, 0.15) is 0 Å². The molecular weight excluding hydrogens is 399 g/mol. The third-order valence-electron chi connectivity index (χ3n) is 5.01. The quantitative estimate of drug-likeness (QED) is 0.597. The van der Waals surface area contributed by atoms with E-state index in [0.29, 0.717) is 31.9 Å². The van der Waals surface area contributed by atoms with Crippen LogP contribution in [-0.2, 0) is 11.3 Å². The van der Waals surface area contributed by atoms with Gasteiger partial charge < -0.3 is 30.7 Å². The third-order valence-corrected chi connectivity index (χ3v) is 5.01. The van der Waals surface area contributed by atoms with E-state index < -0.39 is 11.4 Å². The van der Waals surface area contributed by atoms with Gasteiger partial charge in [-0.25, -0.2) is 4.39 Å². The van der Waals surface area contributed by atoms with E-state index in [1.165, 1.54) is 13.2 Å². The van der Waals surface area contributed by atoms with Crippen molar-refractivity contribution in [1.82, 2.24) is 5.32 Å². The Morgan fingerprint density at radius 2 is 1.97 bits per heavy atom. The second-order valence-corrected chi connectivity index (χ2v) is 8.33. The number of hydrogen-bond acceptors (Lipinski definition) is 6. The Kier molecular flexibility index (Phi) is 7.35. The summed E-state index contributed by atoms with van der Waals surface area (Å²) in [4.78, 5) is 15.1. The van der Waals surface area contributed by atoms with Crippen LogP contribution in [0.25, 0.3) is 0 Å². The lowest BCUT2D eigenvalue weighted by atomic mass is 10.1. The molecule has 0 unspecified atom stereocenters. The van der Waals surface area contributed by atoms with Gasteiger partial charge in [-0.3, -0.25) is 4.79 Å². The lowest BCUT2D eigenvalue weighted by molar-refractivity contribution is 0.0944. The SMILES string of the molecule is COc1ccc(CNc2ccc(N3CCOCC3)c(C(=O)NCC(C)(C)N)c2)cc1F. The number of benzene rings is 2. The monoisotopic (exact) mass is 430 g/mol. The second-order valence-electron chi connectivity index (χ2n) is 8.33. The van der Waals surface area contributed by atoms with Gasteiger partial charge in [-0.1, -0.05) is 6.07 Å². The zero-order valence-corrected chi connectivity index (χ0v) is 18.3. The normalized spacial score (nSPS) is 14.3. The molecule has 4 N–H and O–H groups in total. The number of rotatable bonds is 8. The second kappa shape index (κ2) is 9.98. The molecule has 1 saturated heterocycles. The van der Waals surface area contributed by atoms with Crippen molar-refractivity contribution in [3.05, 3.63) is 53.3 Å². The minimum absolute atomic E-state index is 0.181. The predicted molar refractivity (Wildman–Crippen MR) is 120 cm³/mol. The smallest absolute Gasteiger partial charge is 0.253 e. The van der Waals surface area contributed by atoms with Gasteiger partial charge in [0.2, 0.25) is 0 Å². The van der Waals surface area contributed by atoms with Crippen LogP contribution in [0.2, 0.25) is 0 Å².